The van der Waals surface area contributed by atoms with E-state index in [0.717, 1.165) is 6.07 Å². The molecule has 0 unspecified atom stereocenters. The molecule has 15 heavy (non-hydrogen) atoms. The molecule has 0 bridgehead atoms. The largest absolute Gasteiger partial charge is 0.573 e. The van der Waals surface area contributed by atoms with E-state index in [4.69, 9.17) is 11.6 Å². The van der Waals surface area contributed by atoms with Crippen LogP contribution in [0.4, 0.5) is 13.2 Å². The van der Waals surface area contributed by atoms with E-state index in [2.05, 4.69) is 9.72 Å². The van der Waals surface area contributed by atoms with Crippen molar-refractivity contribution in [2.75, 3.05) is 0 Å². The van der Waals surface area contributed by atoms with Crippen molar-refractivity contribution >= 4 is 34.2 Å². The molecule has 0 amide bonds. The fourth-order valence-corrected chi connectivity index (χ4v) is 1.55. The van der Waals surface area contributed by atoms with Gasteiger partial charge in [-0.15, -0.1) is 24.8 Å². The molecule has 0 fully saturated rings. The van der Waals surface area contributed by atoms with Gasteiger partial charge in [0, 0.05) is 6.07 Å². The molecule has 0 spiro atoms. The first-order chi connectivity index (χ1) is 6.83. The number of hydrogen-bond donors (Lipinski definition) is 1. The molecule has 84 valence electrons. The Hall–Kier alpha value is -0.440. The summed E-state index contributed by atoms with van der Waals surface area (Å²) in [6.07, 6.45) is -4.81. The van der Waals surface area contributed by atoms with Crippen LogP contribution in [0.5, 0.6) is 11.5 Å². The maximum Gasteiger partial charge on any atom is 0.573 e. The molecular weight excluding hydrogens is 349 g/mol. The third-order valence-corrected chi connectivity index (χ3v) is 2.38. The lowest BCUT2D eigenvalue weighted by Crippen LogP contribution is -2.18. The molecule has 0 aliphatic rings. The second-order valence-electron chi connectivity index (χ2n) is 2.42. The van der Waals surface area contributed by atoms with E-state index in [-0.39, 0.29) is 15.3 Å². The van der Waals surface area contributed by atoms with Gasteiger partial charge in [-0.1, -0.05) is 0 Å². The van der Waals surface area contributed by atoms with Crippen molar-refractivity contribution < 1.29 is 23.0 Å². The minimum atomic E-state index is -4.81. The number of hydrogen-bond acceptors (Lipinski definition) is 3. The number of pyridine rings is 1. The summed E-state index contributed by atoms with van der Waals surface area (Å²) in [5.74, 6) is -1.06. The summed E-state index contributed by atoms with van der Waals surface area (Å²) in [4.78, 5) is 3.66. The molecule has 0 atom stereocenters. The lowest BCUT2D eigenvalue weighted by atomic mass is 10.3. The molecule has 0 saturated carbocycles. The number of rotatable bonds is 2. The lowest BCUT2D eigenvalue weighted by molar-refractivity contribution is -0.275. The first kappa shape index (κ1) is 12.6. The van der Waals surface area contributed by atoms with E-state index >= 15 is 0 Å². The highest BCUT2D eigenvalue weighted by atomic mass is 127. The Labute approximate surface area is 101 Å². The van der Waals surface area contributed by atoms with Gasteiger partial charge in [-0.25, -0.2) is 4.98 Å². The third-order valence-electron chi connectivity index (χ3n) is 1.35. The maximum absolute atomic E-state index is 11.9. The summed E-state index contributed by atoms with van der Waals surface area (Å²) in [5.41, 5.74) is 0.107. The number of nitrogens with zero attached hydrogens (tertiary/aromatic N) is 1. The zero-order valence-electron chi connectivity index (χ0n) is 6.98. The minimum Gasteiger partial charge on any atom is -0.506 e. The number of aromatic hydroxyl groups is 1. The number of aromatic nitrogens is 1. The van der Waals surface area contributed by atoms with E-state index in [0.29, 0.717) is 0 Å². The Morgan fingerprint density at radius 1 is 1.53 bits per heavy atom. The molecule has 1 N–H and O–H groups in total. The highest BCUT2D eigenvalue weighted by Crippen LogP contribution is 2.31. The van der Waals surface area contributed by atoms with Crippen LogP contribution in [-0.4, -0.2) is 16.5 Å². The highest BCUT2D eigenvalue weighted by Gasteiger charge is 2.32. The smallest absolute Gasteiger partial charge is 0.506 e. The summed E-state index contributed by atoms with van der Waals surface area (Å²) in [6.45, 7) is 0. The maximum atomic E-state index is 11.9. The highest BCUT2D eigenvalue weighted by molar-refractivity contribution is 14.1. The second kappa shape index (κ2) is 4.60. The molecule has 1 rings (SSSR count). The molecule has 3 nitrogen and oxygen atoms in total. The summed E-state index contributed by atoms with van der Waals surface area (Å²) >= 11 is 6.96. The van der Waals surface area contributed by atoms with Crippen LogP contribution >= 0.6 is 34.2 Å². The third kappa shape index (κ3) is 3.56. The Bertz CT molecular complexity index is 372. The molecule has 0 aliphatic carbocycles. The van der Waals surface area contributed by atoms with Crippen molar-refractivity contribution in [3.8, 4) is 11.5 Å². The Morgan fingerprint density at radius 2 is 2.13 bits per heavy atom. The van der Waals surface area contributed by atoms with E-state index in [9.17, 15) is 18.3 Å². The van der Waals surface area contributed by atoms with Crippen molar-refractivity contribution in [2.24, 2.45) is 0 Å². The van der Waals surface area contributed by atoms with E-state index in [1.165, 1.54) is 0 Å². The molecule has 1 aromatic heterocycles. The van der Waals surface area contributed by atoms with E-state index < -0.39 is 17.9 Å². The van der Waals surface area contributed by atoms with E-state index in [1.807, 2.05) is 0 Å². The Kier molecular flexibility index (Phi) is 3.87. The summed E-state index contributed by atoms with van der Waals surface area (Å²) < 4.78 is 39.2. The van der Waals surface area contributed by atoms with Crippen molar-refractivity contribution in [1.29, 1.82) is 0 Å². The minimum absolute atomic E-state index is 0.0154. The average Bonchev–Trinajstić information content (AvgIpc) is 2.08. The van der Waals surface area contributed by atoms with Crippen molar-refractivity contribution in [3.63, 3.8) is 0 Å². The van der Waals surface area contributed by atoms with Gasteiger partial charge >= 0.3 is 6.36 Å². The Morgan fingerprint density at radius 3 is 2.60 bits per heavy atom. The van der Waals surface area contributed by atoms with Crippen LogP contribution in [0.2, 0.25) is 0 Å². The Balaban J connectivity index is 3.05. The molecule has 0 radical (unpaired) electrons. The number of halogens is 5. The van der Waals surface area contributed by atoms with Gasteiger partial charge in [0.15, 0.2) is 5.75 Å². The molecular formula is C7H4ClF3INO2. The predicted molar refractivity (Wildman–Crippen MR) is 54.9 cm³/mol. The van der Waals surface area contributed by atoms with Crippen LogP contribution in [0.15, 0.2) is 6.07 Å². The molecule has 0 aromatic carbocycles. The van der Waals surface area contributed by atoms with E-state index in [1.54, 1.807) is 22.6 Å². The number of alkyl halides is 4. The van der Waals surface area contributed by atoms with Gasteiger partial charge in [0.2, 0.25) is 0 Å². The monoisotopic (exact) mass is 353 g/mol. The lowest BCUT2D eigenvalue weighted by Gasteiger charge is -2.11. The second-order valence-corrected chi connectivity index (χ2v) is 3.71. The zero-order valence-corrected chi connectivity index (χ0v) is 9.89. The topological polar surface area (TPSA) is 42.4 Å². The van der Waals surface area contributed by atoms with Gasteiger partial charge < -0.3 is 9.84 Å². The number of ether oxygens (including phenoxy) is 1. The molecule has 0 aliphatic heterocycles. The van der Waals surface area contributed by atoms with Gasteiger partial charge in [-0.2, -0.15) is 0 Å². The average molecular weight is 353 g/mol. The summed E-state index contributed by atoms with van der Waals surface area (Å²) in [6, 6.07) is 0.833. The van der Waals surface area contributed by atoms with Gasteiger partial charge in [-0.3, -0.25) is 0 Å². The van der Waals surface area contributed by atoms with Gasteiger partial charge in [0.05, 0.1) is 11.6 Å². The van der Waals surface area contributed by atoms with Crippen molar-refractivity contribution in [2.45, 2.75) is 12.2 Å². The van der Waals surface area contributed by atoms with Crippen LogP contribution in [0.1, 0.15) is 5.69 Å². The van der Waals surface area contributed by atoms with Crippen molar-refractivity contribution in [1.82, 2.24) is 4.98 Å². The zero-order chi connectivity index (χ0) is 11.6. The van der Waals surface area contributed by atoms with Crippen molar-refractivity contribution in [3.05, 3.63) is 15.5 Å². The normalized spacial score (nSPS) is 11.5. The molecule has 1 heterocycles. The fourth-order valence-electron chi connectivity index (χ4n) is 0.792. The van der Waals surface area contributed by atoms with Crippen LogP contribution in [0.25, 0.3) is 0 Å². The fraction of sp³-hybridized carbons (Fsp3) is 0.286. The van der Waals surface area contributed by atoms with Crippen LogP contribution in [0, 0.1) is 3.70 Å². The van der Waals surface area contributed by atoms with Crippen LogP contribution in [-0.2, 0) is 5.88 Å². The summed E-state index contributed by atoms with van der Waals surface area (Å²) in [5, 5.41) is 9.22. The van der Waals surface area contributed by atoms with Gasteiger partial charge in [-0.05, 0) is 22.6 Å². The molecule has 1 aromatic rings. The SMILES string of the molecule is Oc1cc(OC(F)(F)F)c(I)nc1CCl. The quantitative estimate of drug-likeness (QED) is 0.505. The van der Waals surface area contributed by atoms with Gasteiger partial charge in [0.1, 0.15) is 9.45 Å². The predicted octanol–water partition coefficient (Wildman–Crippen LogP) is 3.03. The van der Waals surface area contributed by atoms with Gasteiger partial charge in [0.25, 0.3) is 0 Å². The summed E-state index contributed by atoms with van der Waals surface area (Å²) in [7, 11) is 0. The first-order valence-electron chi connectivity index (χ1n) is 3.53. The standard InChI is InChI=1S/C7H4ClF3INO2/c8-2-3-4(14)1-5(6(12)13-3)15-7(9,10)11/h1,14H,2H2. The molecule has 8 heteroatoms. The first-order valence-corrected chi connectivity index (χ1v) is 5.15. The van der Waals surface area contributed by atoms with Crippen LogP contribution in [0.3, 0.4) is 0 Å². The van der Waals surface area contributed by atoms with Crippen LogP contribution < -0.4 is 4.74 Å². The molecule has 0 saturated heterocycles.